The van der Waals surface area contributed by atoms with Gasteiger partial charge in [0.15, 0.2) is 0 Å². The molecule has 2 heterocycles. The van der Waals surface area contributed by atoms with Crippen molar-refractivity contribution in [2.24, 2.45) is 7.05 Å². The van der Waals surface area contributed by atoms with E-state index in [9.17, 15) is 0 Å². The Hall–Kier alpha value is -1.72. The molecule has 0 radical (unpaired) electrons. The molecule has 1 aliphatic heterocycles. The molecule has 1 aromatic heterocycles. The van der Waals surface area contributed by atoms with E-state index >= 15 is 0 Å². The maximum atomic E-state index is 5.62. The number of likely N-dealkylation sites (N-methyl/N-ethyl adjacent to an activating group) is 1. The molecule has 1 fully saturated rings. The van der Waals surface area contributed by atoms with Crippen molar-refractivity contribution in [3.05, 3.63) is 47.8 Å². The lowest BCUT2D eigenvalue weighted by Gasteiger charge is -2.43. The first-order valence-electron chi connectivity index (χ1n) is 7.43. The minimum Gasteiger partial charge on any atom is -0.381 e. The fraction of sp³-hybridized carbons (Fsp3) is 0.500. The van der Waals surface area contributed by atoms with Gasteiger partial charge in [0.2, 0.25) is 0 Å². The van der Waals surface area contributed by atoms with Gasteiger partial charge in [0.25, 0.3) is 0 Å². The number of nitrogens with one attached hydrogen (secondary N) is 1. The first-order valence-corrected chi connectivity index (χ1v) is 7.43. The monoisotopic (exact) mass is 286 g/mol. The third-order valence-electron chi connectivity index (χ3n) is 4.62. The van der Waals surface area contributed by atoms with Crippen LogP contribution in [0.1, 0.15) is 30.1 Å². The van der Waals surface area contributed by atoms with Gasteiger partial charge in [-0.15, -0.1) is 5.10 Å². The first kappa shape index (κ1) is 14.2. The summed E-state index contributed by atoms with van der Waals surface area (Å²) in [5.74, 6) is 0. The van der Waals surface area contributed by atoms with Gasteiger partial charge in [-0.3, -0.25) is 4.68 Å². The van der Waals surface area contributed by atoms with E-state index in [1.807, 2.05) is 25.0 Å². The summed E-state index contributed by atoms with van der Waals surface area (Å²) in [6, 6.07) is 10.9. The van der Waals surface area contributed by atoms with Crippen molar-refractivity contribution < 1.29 is 4.74 Å². The van der Waals surface area contributed by atoms with Crippen LogP contribution in [-0.2, 0) is 17.2 Å². The van der Waals surface area contributed by atoms with E-state index in [2.05, 4.69) is 46.0 Å². The summed E-state index contributed by atoms with van der Waals surface area (Å²) in [6.45, 7) is 1.58. The number of aryl methyl sites for hydroxylation is 1. The van der Waals surface area contributed by atoms with Crippen molar-refractivity contribution >= 4 is 0 Å². The Bertz CT molecular complexity index is 575. The van der Waals surface area contributed by atoms with Crippen LogP contribution in [0.3, 0.4) is 0 Å². The zero-order valence-electron chi connectivity index (χ0n) is 12.6. The molecular formula is C16H22N4O. The van der Waals surface area contributed by atoms with Crippen LogP contribution >= 0.6 is 0 Å². The highest BCUT2D eigenvalue weighted by Crippen LogP contribution is 2.44. The molecule has 1 unspecified atom stereocenters. The third-order valence-corrected chi connectivity index (χ3v) is 4.62. The van der Waals surface area contributed by atoms with E-state index in [0.717, 1.165) is 31.7 Å². The SMILES string of the molecule is CNC(c1cnnn1C)C1(c2ccccc2)CCOCC1. The van der Waals surface area contributed by atoms with Crippen molar-refractivity contribution in [2.75, 3.05) is 20.3 Å². The third kappa shape index (κ3) is 2.47. The van der Waals surface area contributed by atoms with E-state index in [0.29, 0.717) is 0 Å². The van der Waals surface area contributed by atoms with Crippen molar-refractivity contribution in [3.63, 3.8) is 0 Å². The number of hydrogen-bond acceptors (Lipinski definition) is 4. The van der Waals surface area contributed by atoms with Crippen LogP contribution < -0.4 is 5.32 Å². The number of hydrogen-bond donors (Lipinski definition) is 1. The van der Waals surface area contributed by atoms with E-state index in [1.54, 1.807) is 0 Å². The number of rotatable bonds is 4. The molecule has 21 heavy (non-hydrogen) atoms. The van der Waals surface area contributed by atoms with Crippen LogP contribution in [0.15, 0.2) is 36.5 Å². The largest absolute Gasteiger partial charge is 0.381 e. The quantitative estimate of drug-likeness (QED) is 0.931. The molecule has 0 bridgehead atoms. The van der Waals surface area contributed by atoms with Crippen LogP contribution in [0.25, 0.3) is 0 Å². The number of benzene rings is 1. The lowest BCUT2D eigenvalue weighted by atomic mass is 9.68. The lowest BCUT2D eigenvalue weighted by Crippen LogP contribution is -2.45. The molecule has 0 spiro atoms. The Morgan fingerprint density at radius 3 is 2.52 bits per heavy atom. The Balaban J connectivity index is 2.08. The molecule has 1 aliphatic rings. The maximum Gasteiger partial charge on any atom is 0.0762 e. The van der Waals surface area contributed by atoms with Crippen LogP contribution in [0.4, 0.5) is 0 Å². The Labute approximate surface area is 125 Å². The molecule has 1 saturated heterocycles. The second-order valence-electron chi connectivity index (χ2n) is 5.64. The van der Waals surface area contributed by atoms with Gasteiger partial charge in [-0.05, 0) is 25.5 Å². The van der Waals surface area contributed by atoms with Gasteiger partial charge in [0, 0.05) is 25.7 Å². The summed E-state index contributed by atoms with van der Waals surface area (Å²) in [7, 11) is 3.96. The van der Waals surface area contributed by atoms with Crippen LogP contribution in [0.5, 0.6) is 0 Å². The normalized spacial score (nSPS) is 19.3. The van der Waals surface area contributed by atoms with E-state index in [4.69, 9.17) is 4.74 Å². The van der Waals surface area contributed by atoms with Crippen molar-refractivity contribution in [1.29, 1.82) is 0 Å². The van der Waals surface area contributed by atoms with E-state index in [1.165, 1.54) is 5.56 Å². The molecule has 2 aromatic rings. The smallest absolute Gasteiger partial charge is 0.0762 e. The summed E-state index contributed by atoms with van der Waals surface area (Å²) in [5, 5.41) is 11.7. The van der Waals surface area contributed by atoms with Crippen molar-refractivity contribution in [3.8, 4) is 0 Å². The lowest BCUT2D eigenvalue weighted by molar-refractivity contribution is 0.0340. The second kappa shape index (κ2) is 5.95. The molecule has 1 atom stereocenters. The predicted molar refractivity (Wildman–Crippen MR) is 81.0 cm³/mol. The highest BCUT2D eigenvalue weighted by molar-refractivity contribution is 5.31. The van der Waals surface area contributed by atoms with Crippen LogP contribution in [0.2, 0.25) is 0 Å². The summed E-state index contributed by atoms with van der Waals surface area (Å²) >= 11 is 0. The summed E-state index contributed by atoms with van der Waals surface area (Å²) < 4.78 is 7.49. The van der Waals surface area contributed by atoms with Gasteiger partial charge in [-0.2, -0.15) is 0 Å². The highest BCUT2D eigenvalue weighted by Gasteiger charge is 2.43. The number of aromatic nitrogens is 3. The van der Waals surface area contributed by atoms with Crippen molar-refractivity contribution in [2.45, 2.75) is 24.3 Å². The molecule has 1 aromatic carbocycles. The fourth-order valence-electron chi connectivity index (χ4n) is 3.52. The molecule has 0 saturated carbocycles. The zero-order chi connectivity index (χ0) is 14.7. The minimum atomic E-state index is 0.0176. The Morgan fingerprint density at radius 2 is 1.95 bits per heavy atom. The molecule has 0 amide bonds. The number of nitrogens with zero attached hydrogens (tertiary/aromatic N) is 3. The van der Waals surface area contributed by atoms with Gasteiger partial charge >= 0.3 is 0 Å². The average molecular weight is 286 g/mol. The molecule has 5 nitrogen and oxygen atoms in total. The Kier molecular flexibility index (Phi) is 4.03. The number of ether oxygens (including phenoxy) is 1. The summed E-state index contributed by atoms with van der Waals surface area (Å²) in [5.41, 5.74) is 2.49. The highest BCUT2D eigenvalue weighted by atomic mass is 16.5. The average Bonchev–Trinajstić information content (AvgIpc) is 2.96. The predicted octanol–water partition coefficient (Wildman–Crippen LogP) is 1.82. The molecule has 3 rings (SSSR count). The van der Waals surface area contributed by atoms with Crippen LogP contribution in [0, 0.1) is 0 Å². The summed E-state index contributed by atoms with van der Waals surface area (Å²) in [6.07, 6.45) is 3.85. The molecular weight excluding hydrogens is 264 g/mol. The van der Waals surface area contributed by atoms with Gasteiger partial charge in [-0.1, -0.05) is 35.5 Å². The standard InChI is InChI=1S/C16H22N4O/c1-17-15(14-12-18-19-20(14)2)16(8-10-21-11-9-16)13-6-4-3-5-7-13/h3-7,12,15,17H,8-11H2,1-2H3. The second-order valence-corrected chi connectivity index (χ2v) is 5.64. The van der Waals surface area contributed by atoms with E-state index < -0.39 is 0 Å². The van der Waals surface area contributed by atoms with Crippen LogP contribution in [-0.4, -0.2) is 35.3 Å². The molecule has 5 heteroatoms. The molecule has 0 aliphatic carbocycles. The van der Waals surface area contributed by atoms with Gasteiger partial charge in [0.1, 0.15) is 0 Å². The van der Waals surface area contributed by atoms with Gasteiger partial charge in [0.05, 0.1) is 17.9 Å². The first-order chi connectivity index (χ1) is 10.3. The van der Waals surface area contributed by atoms with Crippen molar-refractivity contribution in [1.82, 2.24) is 20.3 Å². The zero-order valence-corrected chi connectivity index (χ0v) is 12.6. The summed E-state index contributed by atoms with van der Waals surface area (Å²) in [4.78, 5) is 0. The van der Waals surface area contributed by atoms with E-state index in [-0.39, 0.29) is 11.5 Å². The Morgan fingerprint density at radius 1 is 1.24 bits per heavy atom. The molecule has 112 valence electrons. The molecule has 1 N–H and O–H groups in total. The van der Waals surface area contributed by atoms with Gasteiger partial charge in [-0.25, -0.2) is 0 Å². The topological polar surface area (TPSA) is 52.0 Å². The van der Waals surface area contributed by atoms with Gasteiger partial charge < -0.3 is 10.1 Å². The maximum absolute atomic E-state index is 5.62. The minimum absolute atomic E-state index is 0.0176. The fourth-order valence-corrected chi connectivity index (χ4v) is 3.52.